The van der Waals surface area contributed by atoms with Gasteiger partial charge in [0.15, 0.2) is 0 Å². The van der Waals surface area contributed by atoms with Crippen LogP contribution in [-0.4, -0.2) is 32.5 Å². The topological polar surface area (TPSA) is 66.6 Å². The summed E-state index contributed by atoms with van der Waals surface area (Å²) in [7, 11) is 3.51. The molecular weight excluding hydrogens is 254 g/mol. The summed E-state index contributed by atoms with van der Waals surface area (Å²) in [4.78, 5) is 27.4. The minimum atomic E-state index is -0.558. The van der Waals surface area contributed by atoms with E-state index in [1.54, 1.807) is 23.9 Å². The van der Waals surface area contributed by atoms with Gasteiger partial charge in [-0.1, -0.05) is 0 Å². The van der Waals surface area contributed by atoms with Gasteiger partial charge in [-0.2, -0.15) is 0 Å². The molecule has 0 aromatic heterocycles. The van der Waals surface area contributed by atoms with Crippen molar-refractivity contribution >= 4 is 23.2 Å². The maximum absolute atomic E-state index is 12.2. The van der Waals surface area contributed by atoms with Crippen LogP contribution >= 0.6 is 0 Å². The quantitative estimate of drug-likeness (QED) is 0.903. The zero-order valence-corrected chi connectivity index (χ0v) is 12.4. The van der Waals surface area contributed by atoms with Crippen molar-refractivity contribution < 1.29 is 9.59 Å². The van der Waals surface area contributed by atoms with Gasteiger partial charge in [-0.05, 0) is 37.6 Å². The van der Waals surface area contributed by atoms with E-state index in [0.29, 0.717) is 13.0 Å². The lowest BCUT2D eigenvalue weighted by Crippen LogP contribution is -2.33. The van der Waals surface area contributed by atoms with Gasteiger partial charge in [-0.3, -0.25) is 9.59 Å². The summed E-state index contributed by atoms with van der Waals surface area (Å²) >= 11 is 0. The van der Waals surface area contributed by atoms with Gasteiger partial charge in [0.2, 0.25) is 11.8 Å². The van der Waals surface area contributed by atoms with Crippen LogP contribution in [0, 0.1) is 0 Å². The van der Waals surface area contributed by atoms with Crippen LogP contribution in [0.3, 0.4) is 0 Å². The largest absolute Gasteiger partial charge is 0.330 e. The van der Waals surface area contributed by atoms with E-state index in [0.717, 1.165) is 16.9 Å². The molecule has 0 spiro atoms. The lowest BCUT2D eigenvalue weighted by atomic mass is 9.86. The van der Waals surface area contributed by atoms with Crippen LogP contribution in [-0.2, 0) is 15.0 Å². The van der Waals surface area contributed by atoms with Crippen molar-refractivity contribution in [3.63, 3.8) is 0 Å². The maximum atomic E-state index is 12.2. The molecule has 0 unspecified atom stereocenters. The Morgan fingerprint density at radius 2 is 2.05 bits per heavy atom. The van der Waals surface area contributed by atoms with Gasteiger partial charge in [0.25, 0.3) is 0 Å². The first-order valence-corrected chi connectivity index (χ1v) is 6.70. The second-order valence-corrected chi connectivity index (χ2v) is 5.68. The van der Waals surface area contributed by atoms with Gasteiger partial charge in [-0.15, -0.1) is 0 Å². The number of nitrogens with two attached hydrogens (primary N) is 1. The number of fused-ring (bicyclic) bond motifs is 1. The number of carbonyl (C=O) groups is 2. The summed E-state index contributed by atoms with van der Waals surface area (Å²) in [5.74, 6) is 0.0449. The third-order valence-corrected chi connectivity index (χ3v) is 3.97. The van der Waals surface area contributed by atoms with Crippen molar-refractivity contribution in [1.29, 1.82) is 0 Å². The first-order chi connectivity index (χ1) is 9.30. The van der Waals surface area contributed by atoms with Gasteiger partial charge in [0, 0.05) is 38.4 Å². The number of nitrogens with zero attached hydrogens (tertiary/aromatic N) is 2. The SMILES string of the molecule is CN(C(=O)CCN)c1ccc2c(c1)C(C)(C)C(=O)N2C. The average molecular weight is 275 g/mol. The molecule has 0 fully saturated rings. The van der Waals surface area contributed by atoms with Crippen molar-refractivity contribution in [1.82, 2.24) is 0 Å². The monoisotopic (exact) mass is 275 g/mol. The Kier molecular flexibility index (Phi) is 3.56. The molecule has 1 heterocycles. The summed E-state index contributed by atoms with van der Waals surface area (Å²) in [6, 6.07) is 5.67. The summed E-state index contributed by atoms with van der Waals surface area (Å²) in [6.07, 6.45) is 0.315. The van der Waals surface area contributed by atoms with Crippen LogP contribution in [0.2, 0.25) is 0 Å². The minimum absolute atomic E-state index is 0.0251. The molecule has 0 atom stereocenters. The van der Waals surface area contributed by atoms with Crippen molar-refractivity contribution in [2.45, 2.75) is 25.7 Å². The Hall–Kier alpha value is -1.88. The standard InChI is InChI=1S/C15H21N3O2/c1-15(2)11-9-10(17(3)13(19)7-8-16)5-6-12(11)18(4)14(15)20/h5-6,9H,7-8,16H2,1-4H3. The summed E-state index contributed by atoms with van der Waals surface area (Å²) < 4.78 is 0. The van der Waals surface area contributed by atoms with E-state index < -0.39 is 5.41 Å². The second-order valence-electron chi connectivity index (χ2n) is 5.68. The Bertz CT molecular complexity index is 566. The number of carbonyl (C=O) groups excluding carboxylic acids is 2. The van der Waals surface area contributed by atoms with Crippen LogP contribution in [0.5, 0.6) is 0 Å². The Morgan fingerprint density at radius 3 is 2.65 bits per heavy atom. The molecule has 1 aliphatic heterocycles. The molecule has 1 aromatic carbocycles. The van der Waals surface area contributed by atoms with Crippen molar-refractivity contribution in [3.8, 4) is 0 Å². The van der Waals surface area contributed by atoms with E-state index >= 15 is 0 Å². The predicted molar refractivity (Wildman–Crippen MR) is 80.0 cm³/mol. The number of rotatable bonds is 3. The lowest BCUT2D eigenvalue weighted by Gasteiger charge is -2.20. The highest BCUT2D eigenvalue weighted by molar-refractivity contribution is 6.08. The number of benzene rings is 1. The molecule has 5 nitrogen and oxygen atoms in total. The van der Waals surface area contributed by atoms with Crippen molar-refractivity contribution in [3.05, 3.63) is 23.8 Å². The molecule has 0 saturated heterocycles. The zero-order valence-electron chi connectivity index (χ0n) is 12.4. The molecular formula is C15H21N3O2. The molecule has 2 amide bonds. The fourth-order valence-electron chi connectivity index (χ4n) is 2.60. The van der Waals surface area contributed by atoms with Crippen LogP contribution in [0.1, 0.15) is 25.8 Å². The molecule has 20 heavy (non-hydrogen) atoms. The van der Waals surface area contributed by atoms with Gasteiger partial charge in [0.05, 0.1) is 5.41 Å². The first-order valence-electron chi connectivity index (χ1n) is 6.70. The molecule has 2 rings (SSSR count). The Morgan fingerprint density at radius 1 is 1.40 bits per heavy atom. The zero-order chi connectivity index (χ0) is 15.1. The van der Waals surface area contributed by atoms with Crippen LogP contribution in [0.4, 0.5) is 11.4 Å². The second kappa shape index (κ2) is 4.90. The first kappa shape index (κ1) is 14.5. The van der Waals surface area contributed by atoms with Gasteiger partial charge in [-0.25, -0.2) is 0 Å². The normalized spacial score (nSPS) is 16.2. The highest BCUT2D eigenvalue weighted by Gasteiger charge is 2.42. The highest BCUT2D eigenvalue weighted by Crippen LogP contribution is 2.42. The van der Waals surface area contributed by atoms with Crippen molar-refractivity contribution in [2.24, 2.45) is 5.73 Å². The molecule has 5 heteroatoms. The Balaban J connectivity index is 2.41. The third kappa shape index (κ3) is 2.08. The number of likely N-dealkylation sites (N-methyl/N-ethyl adjacent to an activating group) is 1. The smallest absolute Gasteiger partial charge is 0.236 e. The molecule has 0 aliphatic carbocycles. The van der Waals surface area contributed by atoms with Crippen LogP contribution in [0.25, 0.3) is 0 Å². The average Bonchev–Trinajstić information content (AvgIpc) is 2.59. The molecule has 2 N–H and O–H groups in total. The van der Waals surface area contributed by atoms with Crippen LogP contribution in [0.15, 0.2) is 18.2 Å². The van der Waals surface area contributed by atoms with Crippen molar-refractivity contribution in [2.75, 3.05) is 30.4 Å². The van der Waals surface area contributed by atoms with Gasteiger partial charge < -0.3 is 15.5 Å². The Labute approximate surface area is 119 Å². The highest BCUT2D eigenvalue weighted by atomic mass is 16.2. The summed E-state index contributed by atoms with van der Waals surface area (Å²) in [5, 5.41) is 0. The van der Waals surface area contributed by atoms with E-state index in [4.69, 9.17) is 5.73 Å². The predicted octanol–water partition coefficient (Wildman–Crippen LogP) is 1.25. The van der Waals surface area contributed by atoms with E-state index in [9.17, 15) is 9.59 Å². The fourth-order valence-corrected chi connectivity index (χ4v) is 2.60. The van der Waals surface area contributed by atoms with Gasteiger partial charge >= 0.3 is 0 Å². The number of anilines is 2. The summed E-state index contributed by atoms with van der Waals surface area (Å²) in [6.45, 7) is 4.15. The number of hydrogen-bond donors (Lipinski definition) is 1. The molecule has 1 aromatic rings. The lowest BCUT2D eigenvalue weighted by molar-refractivity contribution is -0.121. The molecule has 0 saturated carbocycles. The molecule has 0 radical (unpaired) electrons. The fraction of sp³-hybridized carbons (Fsp3) is 0.467. The van der Waals surface area contributed by atoms with E-state index in [1.165, 1.54) is 0 Å². The maximum Gasteiger partial charge on any atom is 0.236 e. The van der Waals surface area contributed by atoms with E-state index in [1.807, 2.05) is 32.0 Å². The molecule has 0 bridgehead atoms. The van der Waals surface area contributed by atoms with Crippen LogP contribution < -0.4 is 15.5 Å². The summed E-state index contributed by atoms with van der Waals surface area (Å²) in [5.41, 5.74) is 7.51. The number of amides is 2. The molecule has 108 valence electrons. The molecule has 1 aliphatic rings. The van der Waals surface area contributed by atoms with Gasteiger partial charge in [0.1, 0.15) is 0 Å². The van der Waals surface area contributed by atoms with E-state index in [2.05, 4.69) is 0 Å². The minimum Gasteiger partial charge on any atom is -0.330 e. The number of hydrogen-bond acceptors (Lipinski definition) is 3. The van der Waals surface area contributed by atoms with E-state index in [-0.39, 0.29) is 11.8 Å². The third-order valence-electron chi connectivity index (χ3n) is 3.97.